The van der Waals surface area contributed by atoms with Crippen molar-refractivity contribution in [3.05, 3.63) is 66.4 Å². The molecule has 0 unspecified atom stereocenters. The van der Waals surface area contributed by atoms with Crippen LogP contribution in [-0.2, 0) is 10.9 Å². The van der Waals surface area contributed by atoms with Crippen molar-refractivity contribution in [3.8, 4) is 11.4 Å². The molecule has 4 heterocycles. The Hall–Kier alpha value is -3.60. The number of carbonyl (C=O) groups excluding carboxylic acids is 1. The molecular formula is C23H23F3N6O2. The lowest BCUT2D eigenvalue weighted by molar-refractivity contribution is -0.137. The molecule has 1 fully saturated rings. The maximum atomic E-state index is 13.6. The number of nitrogens with zero attached hydrogens (tertiary/aromatic N) is 5. The number of anilines is 1. The van der Waals surface area contributed by atoms with E-state index in [0.717, 1.165) is 12.3 Å². The number of morpholine rings is 1. The summed E-state index contributed by atoms with van der Waals surface area (Å²) in [5.41, 5.74) is -0.104. The summed E-state index contributed by atoms with van der Waals surface area (Å²) < 4.78 is 44.3. The molecule has 0 radical (unpaired) electrons. The van der Waals surface area contributed by atoms with Gasteiger partial charge in [0.2, 0.25) is 0 Å². The Balaban J connectivity index is 1.57. The molecule has 0 spiro atoms. The van der Waals surface area contributed by atoms with E-state index in [1.807, 2.05) is 13.8 Å². The van der Waals surface area contributed by atoms with E-state index in [9.17, 15) is 18.0 Å². The predicted molar refractivity (Wildman–Crippen MR) is 118 cm³/mol. The number of hydrogen-bond donors (Lipinski definition) is 1. The molecule has 1 saturated heterocycles. The van der Waals surface area contributed by atoms with Crippen LogP contribution in [0.1, 0.15) is 29.9 Å². The van der Waals surface area contributed by atoms with Crippen molar-refractivity contribution in [1.29, 1.82) is 0 Å². The van der Waals surface area contributed by atoms with E-state index in [4.69, 9.17) is 4.74 Å². The van der Waals surface area contributed by atoms with Crippen molar-refractivity contribution < 1.29 is 22.7 Å². The Morgan fingerprint density at radius 3 is 2.50 bits per heavy atom. The van der Waals surface area contributed by atoms with Gasteiger partial charge in [-0.2, -0.15) is 13.2 Å². The van der Waals surface area contributed by atoms with E-state index >= 15 is 0 Å². The Morgan fingerprint density at radius 1 is 1.09 bits per heavy atom. The number of pyridine rings is 2. The Bertz CT molecular complexity index is 1130. The summed E-state index contributed by atoms with van der Waals surface area (Å²) in [4.78, 5) is 32.0. The van der Waals surface area contributed by atoms with Crippen LogP contribution in [0.5, 0.6) is 0 Å². The Morgan fingerprint density at radius 2 is 1.82 bits per heavy atom. The van der Waals surface area contributed by atoms with Crippen molar-refractivity contribution in [2.75, 3.05) is 18.4 Å². The second kappa shape index (κ2) is 9.72. The molecule has 178 valence electrons. The molecule has 1 amide bonds. The fourth-order valence-electron chi connectivity index (χ4n) is 3.88. The highest BCUT2D eigenvalue weighted by molar-refractivity contribution is 5.98. The molecule has 0 bridgehead atoms. The Labute approximate surface area is 194 Å². The van der Waals surface area contributed by atoms with Crippen LogP contribution in [-0.4, -0.2) is 62.1 Å². The van der Waals surface area contributed by atoms with Gasteiger partial charge in [0, 0.05) is 37.9 Å². The van der Waals surface area contributed by atoms with Gasteiger partial charge in [-0.15, -0.1) is 0 Å². The molecular weight excluding hydrogens is 449 g/mol. The van der Waals surface area contributed by atoms with Gasteiger partial charge >= 0.3 is 6.18 Å². The normalized spacial score (nSPS) is 20.7. The summed E-state index contributed by atoms with van der Waals surface area (Å²) >= 11 is 0. The molecule has 4 rings (SSSR count). The van der Waals surface area contributed by atoms with Crippen LogP contribution >= 0.6 is 0 Å². The highest BCUT2D eigenvalue weighted by Crippen LogP contribution is 2.29. The number of ether oxygens (including phenoxy) is 1. The average Bonchev–Trinajstić information content (AvgIpc) is 2.83. The number of hydrogen-bond acceptors (Lipinski definition) is 7. The van der Waals surface area contributed by atoms with E-state index in [-0.39, 0.29) is 36.2 Å². The second-order valence-corrected chi connectivity index (χ2v) is 7.96. The number of amides is 1. The van der Waals surface area contributed by atoms with Crippen LogP contribution in [0.25, 0.3) is 11.4 Å². The predicted octanol–water partition coefficient (Wildman–Crippen LogP) is 3.68. The van der Waals surface area contributed by atoms with E-state index in [0.29, 0.717) is 17.9 Å². The third-order valence-electron chi connectivity index (χ3n) is 5.50. The minimum atomic E-state index is -4.46. The smallest absolute Gasteiger partial charge is 0.372 e. The molecule has 0 saturated carbocycles. The molecule has 1 N–H and O–H groups in total. The average molecular weight is 472 g/mol. The van der Waals surface area contributed by atoms with Gasteiger partial charge in [0.1, 0.15) is 11.5 Å². The van der Waals surface area contributed by atoms with Gasteiger partial charge in [0.25, 0.3) is 5.91 Å². The minimum absolute atomic E-state index is 0.209. The largest absolute Gasteiger partial charge is 0.417 e. The molecule has 1 aliphatic rings. The zero-order valence-corrected chi connectivity index (χ0v) is 18.5. The Kier molecular flexibility index (Phi) is 6.73. The second-order valence-electron chi connectivity index (χ2n) is 7.96. The van der Waals surface area contributed by atoms with E-state index < -0.39 is 17.8 Å². The highest BCUT2D eigenvalue weighted by atomic mass is 19.4. The van der Waals surface area contributed by atoms with Crippen LogP contribution < -0.4 is 5.32 Å². The molecule has 0 aliphatic carbocycles. The zero-order valence-electron chi connectivity index (χ0n) is 18.5. The molecule has 11 heteroatoms. The summed E-state index contributed by atoms with van der Waals surface area (Å²) in [6, 6.07) is 6.93. The van der Waals surface area contributed by atoms with Crippen LogP contribution in [0.2, 0.25) is 0 Å². The topological polar surface area (TPSA) is 93.1 Å². The highest BCUT2D eigenvalue weighted by Gasteiger charge is 2.37. The van der Waals surface area contributed by atoms with Crippen molar-refractivity contribution >= 4 is 11.7 Å². The van der Waals surface area contributed by atoms with Gasteiger partial charge < -0.3 is 15.0 Å². The molecule has 8 nitrogen and oxygen atoms in total. The summed E-state index contributed by atoms with van der Waals surface area (Å²) in [6.45, 7) is 4.27. The molecule has 34 heavy (non-hydrogen) atoms. The third kappa shape index (κ3) is 5.14. The van der Waals surface area contributed by atoms with E-state index in [1.54, 1.807) is 35.5 Å². The van der Waals surface area contributed by atoms with Gasteiger partial charge in [-0.3, -0.25) is 9.78 Å². The maximum Gasteiger partial charge on any atom is 0.417 e. The standard InChI is InChI=1S/C23H23F3N6O2/c1-14-13-32(22(33)20-17(5-3-8-27-20)21-28-9-4-10-29-21)18(15(2)34-14)12-31-19-7-6-16(11-30-19)23(24,25)26/h3-11,14-15,18H,12-13H2,1-2H3,(H,30,31)/t14-,15+,18-/m1/s1. The molecule has 1 aliphatic heterocycles. The first-order valence-corrected chi connectivity index (χ1v) is 10.7. The first-order chi connectivity index (χ1) is 16.2. The zero-order chi connectivity index (χ0) is 24.3. The van der Waals surface area contributed by atoms with E-state index in [2.05, 4.69) is 25.3 Å². The minimum Gasteiger partial charge on any atom is -0.372 e. The van der Waals surface area contributed by atoms with Crippen LogP contribution in [0.4, 0.5) is 19.0 Å². The van der Waals surface area contributed by atoms with Crippen LogP contribution in [0.3, 0.4) is 0 Å². The van der Waals surface area contributed by atoms with Crippen LogP contribution in [0, 0.1) is 0 Å². The molecule has 3 aromatic heterocycles. The molecule has 3 atom stereocenters. The van der Waals surface area contributed by atoms with Crippen molar-refractivity contribution in [2.24, 2.45) is 0 Å². The lowest BCUT2D eigenvalue weighted by atomic mass is 10.0. The number of nitrogens with one attached hydrogen (secondary N) is 1. The molecule has 3 aromatic rings. The summed E-state index contributed by atoms with van der Waals surface area (Å²) in [5.74, 6) is 0.344. The van der Waals surface area contributed by atoms with Gasteiger partial charge in [-0.1, -0.05) is 0 Å². The van der Waals surface area contributed by atoms with E-state index in [1.165, 1.54) is 12.3 Å². The van der Waals surface area contributed by atoms with Crippen LogP contribution in [0.15, 0.2) is 55.1 Å². The third-order valence-corrected chi connectivity index (χ3v) is 5.50. The lowest BCUT2D eigenvalue weighted by Gasteiger charge is -2.43. The van der Waals surface area contributed by atoms with Gasteiger partial charge in [0.05, 0.1) is 29.4 Å². The van der Waals surface area contributed by atoms with Gasteiger partial charge in [-0.25, -0.2) is 15.0 Å². The fourth-order valence-corrected chi connectivity index (χ4v) is 3.88. The summed E-state index contributed by atoms with van der Waals surface area (Å²) in [6.07, 6.45) is 0.479. The first kappa shape index (κ1) is 23.6. The van der Waals surface area contributed by atoms with Crippen molar-refractivity contribution in [2.45, 2.75) is 38.3 Å². The SMILES string of the molecule is C[C@@H]1CN(C(=O)c2ncccc2-c2ncccn2)[C@H](CNc2ccc(C(F)(F)F)cn2)[C@H](C)O1. The van der Waals surface area contributed by atoms with Crippen molar-refractivity contribution in [1.82, 2.24) is 24.8 Å². The first-order valence-electron chi connectivity index (χ1n) is 10.7. The maximum absolute atomic E-state index is 13.6. The summed E-state index contributed by atoms with van der Waals surface area (Å²) in [7, 11) is 0. The molecule has 0 aromatic carbocycles. The lowest BCUT2D eigenvalue weighted by Crippen LogP contribution is -2.58. The fraction of sp³-hybridized carbons (Fsp3) is 0.348. The van der Waals surface area contributed by atoms with Gasteiger partial charge in [-0.05, 0) is 44.2 Å². The monoisotopic (exact) mass is 472 g/mol. The summed E-state index contributed by atoms with van der Waals surface area (Å²) in [5, 5.41) is 3.02. The van der Waals surface area contributed by atoms with Crippen molar-refractivity contribution in [3.63, 3.8) is 0 Å². The van der Waals surface area contributed by atoms with Gasteiger partial charge in [0.15, 0.2) is 5.82 Å². The number of carbonyl (C=O) groups is 1. The number of alkyl halides is 3. The quantitative estimate of drug-likeness (QED) is 0.606. The number of rotatable bonds is 5. The number of aromatic nitrogens is 4. The number of halogens is 3.